The van der Waals surface area contributed by atoms with Gasteiger partial charge in [-0.05, 0) is 118 Å². The van der Waals surface area contributed by atoms with E-state index >= 15 is 0 Å². The highest BCUT2D eigenvalue weighted by molar-refractivity contribution is 6.14. The average Bonchev–Trinajstić information content (AvgIpc) is 4.08. The van der Waals surface area contributed by atoms with Gasteiger partial charge in [0.1, 0.15) is 22.3 Å². The molecule has 4 nitrogen and oxygen atoms in total. The minimum absolute atomic E-state index is 0.876. The molecule has 0 atom stereocenters. The molecule has 4 heteroatoms. The fourth-order valence-electron chi connectivity index (χ4n) is 10.7. The van der Waals surface area contributed by atoms with E-state index in [9.17, 15) is 0 Å². The molecule has 0 aliphatic carbocycles. The van der Waals surface area contributed by atoms with Gasteiger partial charge in [-0.3, -0.25) is 0 Å². The zero-order valence-corrected chi connectivity index (χ0v) is 36.8. The molecule has 3 heterocycles. The van der Waals surface area contributed by atoms with Crippen LogP contribution in [0.2, 0.25) is 0 Å². The highest BCUT2D eigenvalue weighted by atomic mass is 16.3. The Balaban J connectivity index is 0.921. The monoisotopic (exact) mass is 868 g/mol. The summed E-state index contributed by atoms with van der Waals surface area (Å²) in [6.45, 7) is 0. The second-order valence-electron chi connectivity index (χ2n) is 17.6. The van der Waals surface area contributed by atoms with E-state index in [-0.39, 0.29) is 0 Å². The molecule has 0 amide bonds. The lowest BCUT2D eigenvalue weighted by molar-refractivity contribution is 0.669. The Bertz CT molecular complexity index is 4210. The summed E-state index contributed by atoms with van der Waals surface area (Å²) in [5.41, 5.74) is 17.0. The van der Waals surface area contributed by atoms with Crippen molar-refractivity contribution in [2.75, 3.05) is 4.90 Å². The second kappa shape index (κ2) is 15.2. The number of para-hydroxylation sites is 5. The van der Waals surface area contributed by atoms with Crippen molar-refractivity contribution in [2.45, 2.75) is 0 Å². The summed E-state index contributed by atoms with van der Waals surface area (Å²) in [4.78, 5) is 2.39. The summed E-state index contributed by atoms with van der Waals surface area (Å²) in [5, 5.41) is 9.32. The smallest absolute Gasteiger partial charge is 0.136 e. The van der Waals surface area contributed by atoms with Crippen LogP contribution in [0.3, 0.4) is 0 Å². The van der Waals surface area contributed by atoms with Crippen LogP contribution in [0.4, 0.5) is 17.1 Å². The fourth-order valence-corrected chi connectivity index (χ4v) is 10.7. The Morgan fingerprint density at radius 2 is 0.824 bits per heavy atom. The van der Waals surface area contributed by atoms with Crippen LogP contribution in [0.25, 0.3) is 116 Å². The van der Waals surface area contributed by atoms with Crippen LogP contribution in [-0.4, -0.2) is 4.57 Å². The molecule has 3 aromatic heterocycles. The summed E-state index contributed by atoms with van der Waals surface area (Å²) in [6.07, 6.45) is 0. The molecule has 14 aromatic rings. The maximum atomic E-state index is 6.46. The van der Waals surface area contributed by atoms with Crippen LogP contribution >= 0.6 is 0 Å². The highest BCUT2D eigenvalue weighted by Crippen LogP contribution is 2.45. The largest absolute Gasteiger partial charge is 0.456 e. The van der Waals surface area contributed by atoms with Crippen molar-refractivity contribution >= 4 is 93.5 Å². The number of nitrogens with zero attached hydrogens (tertiary/aromatic N) is 2. The van der Waals surface area contributed by atoms with E-state index in [0.717, 1.165) is 100 Å². The topological polar surface area (TPSA) is 34.5 Å². The zero-order valence-electron chi connectivity index (χ0n) is 36.8. The van der Waals surface area contributed by atoms with Gasteiger partial charge >= 0.3 is 0 Å². The SMILES string of the molecule is c1ccc(N(c2ccc(-c3ccccc3-n3c4ccccc4c4ccccc43)cc2)c2ccc(-c3cccc4oc5ccccc5c34)cc2)c(-c2ccc3oc4cc5ccccc5cc4c3c2)c1. The molecule has 0 spiro atoms. The summed E-state index contributed by atoms with van der Waals surface area (Å²) < 4.78 is 15.2. The number of benzene rings is 11. The number of anilines is 3. The van der Waals surface area contributed by atoms with Crippen molar-refractivity contribution < 1.29 is 8.83 Å². The van der Waals surface area contributed by atoms with E-state index in [1.807, 2.05) is 12.1 Å². The van der Waals surface area contributed by atoms with Crippen molar-refractivity contribution in [1.82, 2.24) is 4.57 Å². The molecule has 14 rings (SSSR count). The van der Waals surface area contributed by atoms with Crippen LogP contribution in [0, 0.1) is 0 Å². The Kier molecular flexibility index (Phi) is 8.55. The fraction of sp³-hybridized carbons (Fsp3) is 0. The van der Waals surface area contributed by atoms with Crippen LogP contribution in [0.1, 0.15) is 0 Å². The predicted molar refractivity (Wildman–Crippen MR) is 284 cm³/mol. The van der Waals surface area contributed by atoms with Gasteiger partial charge in [-0.15, -0.1) is 0 Å². The first-order chi connectivity index (χ1) is 33.7. The number of rotatable bonds is 7. The maximum absolute atomic E-state index is 6.46. The standard InChI is InChI=1S/C64H40N2O2/c1-2-15-44-40-63-55(38-43(44)14-1)54-39-45(32-37-61(54)68-63)49-17-4-8-22-56(49)65(47-35-30-42(31-36-47)50-21-13-27-62-64(50)53-20-7-12-26-60(53)67-62)46-33-28-41(29-34-46)48-16-3-9-23-57(48)66-58-24-10-5-18-51(58)52-19-6-11-25-59(52)66/h1-40H. The van der Waals surface area contributed by atoms with Gasteiger partial charge < -0.3 is 18.3 Å². The quantitative estimate of drug-likeness (QED) is 0.160. The van der Waals surface area contributed by atoms with Gasteiger partial charge in [-0.1, -0.05) is 158 Å². The summed E-state index contributed by atoms with van der Waals surface area (Å²) >= 11 is 0. The van der Waals surface area contributed by atoms with Gasteiger partial charge in [0.2, 0.25) is 0 Å². The summed E-state index contributed by atoms with van der Waals surface area (Å²) in [5.74, 6) is 0. The molecule has 0 bridgehead atoms. The van der Waals surface area contributed by atoms with Crippen LogP contribution < -0.4 is 4.90 Å². The van der Waals surface area contributed by atoms with Gasteiger partial charge in [-0.25, -0.2) is 0 Å². The van der Waals surface area contributed by atoms with Crippen LogP contribution in [0.15, 0.2) is 251 Å². The summed E-state index contributed by atoms with van der Waals surface area (Å²) in [6, 6.07) is 87.1. The predicted octanol–water partition coefficient (Wildman–Crippen LogP) is 18.2. The first kappa shape index (κ1) is 38.2. The number of fused-ring (bicyclic) bond motifs is 10. The Morgan fingerprint density at radius 3 is 1.57 bits per heavy atom. The zero-order chi connectivity index (χ0) is 44.7. The van der Waals surface area contributed by atoms with E-state index in [1.165, 1.54) is 32.6 Å². The Labute approximate surface area is 391 Å². The third kappa shape index (κ3) is 6.01. The molecule has 68 heavy (non-hydrogen) atoms. The molecule has 0 unspecified atom stereocenters. The minimum atomic E-state index is 0.876. The minimum Gasteiger partial charge on any atom is -0.456 e. The first-order valence-corrected chi connectivity index (χ1v) is 23.2. The third-order valence-corrected chi connectivity index (χ3v) is 13.8. The highest BCUT2D eigenvalue weighted by Gasteiger charge is 2.21. The summed E-state index contributed by atoms with van der Waals surface area (Å²) in [7, 11) is 0. The molecular weight excluding hydrogens is 829 g/mol. The number of furan rings is 2. The third-order valence-electron chi connectivity index (χ3n) is 13.8. The van der Waals surface area contributed by atoms with Gasteiger partial charge in [0.15, 0.2) is 0 Å². The molecule has 0 saturated heterocycles. The number of hydrogen-bond donors (Lipinski definition) is 0. The van der Waals surface area contributed by atoms with Crippen LogP contribution in [-0.2, 0) is 0 Å². The van der Waals surface area contributed by atoms with Gasteiger partial charge in [-0.2, -0.15) is 0 Å². The van der Waals surface area contributed by atoms with Gasteiger partial charge in [0, 0.05) is 54.8 Å². The number of aromatic nitrogens is 1. The van der Waals surface area contributed by atoms with E-state index in [1.54, 1.807) is 0 Å². The molecule has 0 radical (unpaired) electrons. The lowest BCUT2D eigenvalue weighted by Gasteiger charge is -2.28. The Hall–Kier alpha value is -9.12. The first-order valence-electron chi connectivity index (χ1n) is 23.2. The molecule has 0 aliphatic rings. The molecular formula is C64H40N2O2. The lowest BCUT2D eigenvalue weighted by Crippen LogP contribution is -2.11. The molecule has 0 fully saturated rings. The number of hydrogen-bond acceptors (Lipinski definition) is 3. The lowest BCUT2D eigenvalue weighted by atomic mass is 9.97. The van der Waals surface area contributed by atoms with Crippen molar-refractivity contribution in [3.05, 3.63) is 243 Å². The normalized spacial score (nSPS) is 11.8. The van der Waals surface area contributed by atoms with Crippen molar-refractivity contribution in [2.24, 2.45) is 0 Å². The molecule has 0 saturated carbocycles. The van der Waals surface area contributed by atoms with E-state index in [0.29, 0.717) is 0 Å². The van der Waals surface area contributed by atoms with E-state index in [4.69, 9.17) is 8.83 Å². The van der Waals surface area contributed by atoms with Crippen LogP contribution in [0.5, 0.6) is 0 Å². The van der Waals surface area contributed by atoms with Crippen molar-refractivity contribution in [1.29, 1.82) is 0 Å². The molecule has 0 N–H and O–H groups in total. The molecule has 11 aromatic carbocycles. The second-order valence-corrected chi connectivity index (χ2v) is 17.6. The van der Waals surface area contributed by atoms with Gasteiger partial charge in [0.05, 0.1) is 22.4 Å². The molecule has 0 aliphatic heterocycles. The van der Waals surface area contributed by atoms with Crippen molar-refractivity contribution in [3.8, 4) is 39.1 Å². The van der Waals surface area contributed by atoms with E-state index in [2.05, 4.69) is 240 Å². The Morgan fingerprint density at radius 1 is 0.309 bits per heavy atom. The van der Waals surface area contributed by atoms with Gasteiger partial charge in [0.25, 0.3) is 0 Å². The average molecular weight is 869 g/mol. The molecule has 318 valence electrons. The van der Waals surface area contributed by atoms with E-state index < -0.39 is 0 Å². The maximum Gasteiger partial charge on any atom is 0.136 e. The van der Waals surface area contributed by atoms with Crippen molar-refractivity contribution in [3.63, 3.8) is 0 Å².